The highest BCUT2D eigenvalue weighted by Crippen LogP contribution is 2.28. The molecule has 3 heterocycles. The zero-order valence-corrected chi connectivity index (χ0v) is 15.9. The lowest BCUT2D eigenvalue weighted by molar-refractivity contribution is -0.117. The van der Waals surface area contributed by atoms with Crippen LogP contribution >= 0.6 is 11.3 Å². The maximum Gasteiger partial charge on any atom is 0.323 e. The molecule has 5 amide bonds. The second kappa shape index (κ2) is 6.75. The van der Waals surface area contributed by atoms with E-state index in [0.717, 1.165) is 11.3 Å². The van der Waals surface area contributed by atoms with E-state index >= 15 is 0 Å². The first-order valence-corrected chi connectivity index (χ1v) is 9.32. The van der Waals surface area contributed by atoms with Crippen LogP contribution in [0.1, 0.15) is 0 Å². The number of hydrogen-bond donors (Lipinski definition) is 2. The fourth-order valence-corrected chi connectivity index (χ4v) is 4.10. The highest BCUT2D eigenvalue weighted by atomic mass is 32.1. The molecule has 2 aliphatic rings. The molecule has 2 aliphatic heterocycles. The SMILES string of the molecule is CN1C(=O)N(C)[C@@H]2[C@@H]1NC(=O)N2CC(=O)Nc1nc(-c2ccccc2F)cs1. The molecule has 2 atom stereocenters. The summed E-state index contributed by atoms with van der Waals surface area (Å²) in [6.45, 7) is -0.243. The van der Waals surface area contributed by atoms with Crippen LogP contribution in [0.4, 0.5) is 19.1 Å². The maximum atomic E-state index is 13.9. The number of urea groups is 2. The number of rotatable bonds is 4. The van der Waals surface area contributed by atoms with E-state index in [1.165, 1.54) is 20.8 Å². The largest absolute Gasteiger partial charge is 0.323 e. The Balaban J connectivity index is 1.45. The predicted octanol–water partition coefficient (Wildman–Crippen LogP) is 1.56. The van der Waals surface area contributed by atoms with Gasteiger partial charge in [-0.25, -0.2) is 19.0 Å². The van der Waals surface area contributed by atoms with Gasteiger partial charge < -0.3 is 20.4 Å². The van der Waals surface area contributed by atoms with Crippen molar-refractivity contribution in [1.82, 2.24) is 25.0 Å². The van der Waals surface area contributed by atoms with Crippen LogP contribution < -0.4 is 10.6 Å². The van der Waals surface area contributed by atoms with Crippen LogP contribution in [0, 0.1) is 5.82 Å². The Labute approximate surface area is 163 Å². The van der Waals surface area contributed by atoms with Gasteiger partial charge in [0.05, 0.1) is 5.69 Å². The molecule has 2 aromatic rings. The van der Waals surface area contributed by atoms with Crippen molar-refractivity contribution >= 4 is 34.4 Å². The number of carbonyl (C=O) groups excluding carboxylic acids is 3. The molecule has 2 saturated heterocycles. The Morgan fingerprint density at radius 1 is 1.29 bits per heavy atom. The number of anilines is 1. The summed E-state index contributed by atoms with van der Waals surface area (Å²) in [7, 11) is 3.17. The minimum absolute atomic E-state index is 0.241. The second-order valence-electron chi connectivity index (χ2n) is 6.51. The third-order valence-corrected chi connectivity index (χ3v) is 5.52. The highest BCUT2D eigenvalue weighted by molar-refractivity contribution is 7.14. The number of thiazole rings is 1. The molecular formula is C17H17FN6O3S. The first kappa shape index (κ1) is 18.2. The van der Waals surface area contributed by atoms with Gasteiger partial charge in [0.2, 0.25) is 5.91 Å². The van der Waals surface area contributed by atoms with Crippen molar-refractivity contribution in [3.05, 3.63) is 35.5 Å². The molecule has 0 bridgehead atoms. The molecule has 0 spiro atoms. The van der Waals surface area contributed by atoms with Gasteiger partial charge in [-0.3, -0.25) is 9.69 Å². The molecule has 2 N–H and O–H groups in total. The number of amides is 5. The van der Waals surface area contributed by atoms with Crippen LogP contribution in [-0.2, 0) is 4.79 Å². The molecular weight excluding hydrogens is 387 g/mol. The number of halogens is 1. The first-order chi connectivity index (χ1) is 13.4. The predicted molar refractivity (Wildman–Crippen MR) is 99.9 cm³/mol. The monoisotopic (exact) mass is 404 g/mol. The number of aromatic nitrogens is 1. The van der Waals surface area contributed by atoms with Gasteiger partial charge >= 0.3 is 12.1 Å². The molecule has 1 aromatic carbocycles. The molecule has 4 rings (SSSR count). The van der Waals surface area contributed by atoms with Gasteiger partial charge in [-0.1, -0.05) is 12.1 Å². The lowest BCUT2D eigenvalue weighted by Gasteiger charge is -2.25. The van der Waals surface area contributed by atoms with Crippen molar-refractivity contribution in [2.45, 2.75) is 12.3 Å². The van der Waals surface area contributed by atoms with Crippen LogP contribution in [0.25, 0.3) is 11.3 Å². The average molecular weight is 404 g/mol. The van der Waals surface area contributed by atoms with Gasteiger partial charge in [-0.2, -0.15) is 0 Å². The Hall–Kier alpha value is -3.21. The lowest BCUT2D eigenvalue weighted by atomic mass is 10.2. The number of nitrogens with one attached hydrogen (secondary N) is 2. The first-order valence-electron chi connectivity index (χ1n) is 8.44. The van der Waals surface area contributed by atoms with Crippen LogP contribution in [-0.4, -0.2) is 70.6 Å². The van der Waals surface area contributed by atoms with Crippen molar-refractivity contribution in [2.24, 2.45) is 0 Å². The van der Waals surface area contributed by atoms with Crippen molar-refractivity contribution in [2.75, 3.05) is 26.0 Å². The van der Waals surface area contributed by atoms with E-state index in [9.17, 15) is 18.8 Å². The Bertz CT molecular complexity index is 966. The van der Waals surface area contributed by atoms with Gasteiger partial charge in [0.25, 0.3) is 0 Å². The summed E-state index contributed by atoms with van der Waals surface area (Å²) in [4.78, 5) is 45.1. The van der Waals surface area contributed by atoms with E-state index in [4.69, 9.17) is 0 Å². The minimum atomic E-state index is -0.568. The average Bonchev–Trinajstić information content (AvgIpc) is 3.30. The second-order valence-corrected chi connectivity index (χ2v) is 7.36. The number of likely N-dealkylation sites (N-methyl/N-ethyl adjacent to an activating group) is 2. The summed E-state index contributed by atoms with van der Waals surface area (Å²) >= 11 is 1.16. The van der Waals surface area contributed by atoms with E-state index in [2.05, 4.69) is 15.6 Å². The fourth-order valence-electron chi connectivity index (χ4n) is 3.38. The van der Waals surface area contributed by atoms with Crippen molar-refractivity contribution < 1.29 is 18.8 Å². The molecule has 0 unspecified atom stereocenters. The number of fused-ring (bicyclic) bond motifs is 1. The highest BCUT2D eigenvalue weighted by Gasteiger charge is 2.52. The molecule has 28 heavy (non-hydrogen) atoms. The summed E-state index contributed by atoms with van der Waals surface area (Å²) < 4.78 is 13.9. The van der Waals surface area contributed by atoms with Gasteiger partial charge in [-0.15, -0.1) is 11.3 Å². The molecule has 146 valence electrons. The van der Waals surface area contributed by atoms with Crippen LogP contribution in [0.2, 0.25) is 0 Å². The van der Waals surface area contributed by atoms with E-state index in [1.54, 1.807) is 37.7 Å². The molecule has 1 aromatic heterocycles. The van der Waals surface area contributed by atoms with Crippen molar-refractivity contribution in [3.8, 4) is 11.3 Å². The molecule has 2 fully saturated rings. The third-order valence-electron chi connectivity index (χ3n) is 4.77. The zero-order valence-electron chi connectivity index (χ0n) is 15.0. The van der Waals surface area contributed by atoms with Gasteiger partial charge in [0.15, 0.2) is 5.13 Å². The summed E-state index contributed by atoms with van der Waals surface area (Å²) in [6, 6.07) is 5.57. The van der Waals surface area contributed by atoms with Crippen molar-refractivity contribution in [1.29, 1.82) is 0 Å². The number of hydrogen-bond acceptors (Lipinski definition) is 5. The third kappa shape index (κ3) is 2.93. The zero-order chi connectivity index (χ0) is 20.0. The van der Waals surface area contributed by atoms with Crippen LogP contribution in [0.5, 0.6) is 0 Å². The number of nitrogens with zero attached hydrogens (tertiary/aromatic N) is 4. The molecule has 9 nitrogen and oxygen atoms in total. The Morgan fingerprint density at radius 3 is 2.79 bits per heavy atom. The van der Waals surface area contributed by atoms with Crippen molar-refractivity contribution in [3.63, 3.8) is 0 Å². The van der Waals surface area contributed by atoms with Gasteiger partial charge in [0.1, 0.15) is 24.7 Å². The summed E-state index contributed by atoms with van der Waals surface area (Å²) in [5.74, 6) is -0.857. The quantitative estimate of drug-likeness (QED) is 0.808. The van der Waals surface area contributed by atoms with E-state index in [0.29, 0.717) is 16.4 Å². The number of benzene rings is 1. The topological polar surface area (TPSA) is 97.9 Å². The molecule has 11 heteroatoms. The molecule has 0 aliphatic carbocycles. The summed E-state index contributed by atoms with van der Waals surface area (Å²) in [5, 5.41) is 7.26. The van der Waals surface area contributed by atoms with Crippen LogP contribution in [0.3, 0.4) is 0 Å². The van der Waals surface area contributed by atoms with Gasteiger partial charge in [-0.05, 0) is 12.1 Å². The summed E-state index contributed by atoms with van der Waals surface area (Å²) in [6.07, 6.45) is -1.08. The minimum Gasteiger partial charge on any atom is -0.314 e. The lowest BCUT2D eigenvalue weighted by Crippen LogP contribution is -2.47. The standard InChI is InChI=1S/C17H17FN6O3S/c1-22-13-14(23(2)17(22)27)24(16(26)21-13)7-12(25)20-15-19-11(8-28-15)9-5-3-4-6-10(9)18/h3-6,8,13-14H,7H2,1-2H3,(H,21,26)(H,19,20,25)/t13-,14+/m1/s1. The molecule has 0 radical (unpaired) electrons. The fraction of sp³-hybridized carbons (Fsp3) is 0.294. The van der Waals surface area contributed by atoms with E-state index in [1.807, 2.05) is 0 Å². The Morgan fingerprint density at radius 2 is 2.04 bits per heavy atom. The Kier molecular flexibility index (Phi) is 4.38. The summed E-state index contributed by atoms with van der Waals surface area (Å²) in [5.41, 5.74) is 0.760. The van der Waals surface area contributed by atoms with E-state index in [-0.39, 0.29) is 12.6 Å². The normalized spacial score (nSPS) is 21.2. The molecule has 0 saturated carbocycles. The smallest absolute Gasteiger partial charge is 0.314 e. The maximum absolute atomic E-state index is 13.9. The van der Waals surface area contributed by atoms with E-state index < -0.39 is 30.1 Å². The van der Waals surface area contributed by atoms with Gasteiger partial charge in [0, 0.05) is 25.0 Å². The number of carbonyl (C=O) groups is 3. The van der Waals surface area contributed by atoms with Crippen LogP contribution in [0.15, 0.2) is 29.6 Å².